The highest BCUT2D eigenvalue weighted by atomic mass is 32.2. The van der Waals surface area contributed by atoms with Gasteiger partial charge in [-0.15, -0.1) is 0 Å². The zero-order chi connectivity index (χ0) is 17.4. The lowest BCUT2D eigenvalue weighted by atomic mass is 10.2. The smallest absolute Gasteiger partial charge is 0.184 e. The van der Waals surface area contributed by atoms with Gasteiger partial charge >= 0.3 is 0 Å². The molecule has 4 aromatic rings. The first-order valence-corrected chi connectivity index (χ1v) is 9.44. The topological polar surface area (TPSA) is 91.5 Å². The van der Waals surface area contributed by atoms with Gasteiger partial charge in [0.25, 0.3) is 0 Å². The summed E-state index contributed by atoms with van der Waals surface area (Å²) in [4.78, 5) is 7.46. The first-order valence-electron chi connectivity index (χ1n) is 7.79. The van der Waals surface area contributed by atoms with E-state index in [1.54, 1.807) is 12.3 Å². The summed E-state index contributed by atoms with van der Waals surface area (Å²) in [5, 5.41) is 7.93. The van der Waals surface area contributed by atoms with Gasteiger partial charge in [0.2, 0.25) is 0 Å². The molecule has 0 saturated heterocycles. The van der Waals surface area contributed by atoms with Gasteiger partial charge in [-0.05, 0) is 30.7 Å². The molecule has 0 aliphatic rings. The highest BCUT2D eigenvalue weighted by Crippen LogP contribution is 2.27. The molecule has 0 fully saturated rings. The summed E-state index contributed by atoms with van der Waals surface area (Å²) < 4.78 is 25.4. The summed E-state index contributed by atoms with van der Waals surface area (Å²) in [6.07, 6.45) is 3.19. The number of hydrogen-bond donors (Lipinski definition) is 2. The molecule has 0 bridgehead atoms. The Balaban J connectivity index is 1.68. The van der Waals surface area contributed by atoms with Crippen LogP contribution in [0.25, 0.3) is 22.4 Å². The van der Waals surface area contributed by atoms with Crippen molar-refractivity contribution < 1.29 is 8.42 Å². The van der Waals surface area contributed by atoms with Gasteiger partial charge in [-0.25, -0.2) is 13.4 Å². The number of hydrogen-bond acceptors (Lipinski definition) is 4. The van der Waals surface area contributed by atoms with E-state index in [2.05, 4.69) is 20.2 Å². The average Bonchev–Trinajstić information content (AvgIpc) is 3.21. The van der Waals surface area contributed by atoms with E-state index < -0.39 is 9.84 Å². The summed E-state index contributed by atoms with van der Waals surface area (Å²) in [6.45, 7) is 1.95. The lowest BCUT2D eigenvalue weighted by Crippen LogP contribution is -2.03. The lowest BCUT2D eigenvalue weighted by Gasteiger charge is -2.03. The fourth-order valence-corrected chi connectivity index (χ4v) is 4.18. The van der Waals surface area contributed by atoms with E-state index in [4.69, 9.17) is 0 Å². The summed E-state index contributed by atoms with van der Waals surface area (Å²) in [6, 6.07) is 12.9. The number of aryl methyl sites for hydroxylation is 1. The fraction of sp³-hybridized carbons (Fsp3) is 0.111. The molecule has 25 heavy (non-hydrogen) atoms. The summed E-state index contributed by atoms with van der Waals surface area (Å²) >= 11 is 0. The van der Waals surface area contributed by atoms with Crippen molar-refractivity contribution in [3.8, 4) is 11.4 Å². The molecule has 0 aliphatic carbocycles. The van der Waals surface area contributed by atoms with E-state index in [0.717, 1.165) is 16.5 Å². The van der Waals surface area contributed by atoms with Gasteiger partial charge < -0.3 is 4.98 Å². The van der Waals surface area contributed by atoms with Crippen LogP contribution in [0.15, 0.2) is 59.8 Å². The number of pyridine rings is 1. The maximum Gasteiger partial charge on any atom is 0.184 e. The van der Waals surface area contributed by atoms with Crippen molar-refractivity contribution in [2.24, 2.45) is 0 Å². The molecule has 0 unspecified atom stereocenters. The van der Waals surface area contributed by atoms with Crippen molar-refractivity contribution in [2.75, 3.05) is 0 Å². The van der Waals surface area contributed by atoms with Gasteiger partial charge in [-0.1, -0.05) is 29.8 Å². The molecule has 7 heteroatoms. The second-order valence-corrected chi connectivity index (χ2v) is 7.96. The van der Waals surface area contributed by atoms with E-state index in [1.807, 2.05) is 43.3 Å². The van der Waals surface area contributed by atoms with Gasteiger partial charge in [-0.2, -0.15) is 5.10 Å². The highest BCUT2D eigenvalue weighted by Gasteiger charge is 2.19. The van der Waals surface area contributed by atoms with Crippen LogP contribution < -0.4 is 0 Å². The van der Waals surface area contributed by atoms with E-state index in [-0.39, 0.29) is 10.6 Å². The van der Waals surface area contributed by atoms with E-state index in [9.17, 15) is 8.42 Å². The molecule has 0 atom stereocenters. The zero-order valence-electron chi connectivity index (χ0n) is 13.5. The minimum atomic E-state index is -3.44. The number of nitrogens with one attached hydrogen (secondary N) is 2. The van der Waals surface area contributed by atoms with Crippen LogP contribution in [0.4, 0.5) is 0 Å². The predicted octanol–water partition coefficient (Wildman–Crippen LogP) is 3.24. The highest BCUT2D eigenvalue weighted by molar-refractivity contribution is 7.90. The Morgan fingerprint density at radius 2 is 2.00 bits per heavy atom. The second-order valence-electron chi connectivity index (χ2n) is 5.97. The number of nitrogens with zero attached hydrogens (tertiary/aromatic N) is 2. The number of rotatable bonds is 4. The maximum absolute atomic E-state index is 12.7. The number of benzene rings is 1. The molecule has 126 valence electrons. The van der Waals surface area contributed by atoms with Crippen molar-refractivity contribution in [3.63, 3.8) is 0 Å². The molecule has 1 aromatic carbocycles. The van der Waals surface area contributed by atoms with Gasteiger partial charge in [0.05, 0.1) is 16.3 Å². The van der Waals surface area contributed by atoms with Crippen molar-refractivity contribution in [1.29, 1.82) is 0 Å². The molecular formula is C18H16N4O2S. The van der Waals surface area contributed by atoms with Gasteiger partial charge in [-0.3, -0.25) is 5.10 Å². The summed E-state index contributed by atoms with van der Waals surface area (Å²) in [7, 11) is -3.44. The van der Waals surface area contributed by atoms with Crippen LogP contribution in [0.2, 0.25) is 0 Å². The van der Waals surface area contributed by atoms with Crippen molar-refractivity contribution in [3.05, 3.63) is 66.0 Å². The Bertz CT molecular complexity index is 1160. The number of aromatic nitrogens is 4. The Kier molecular flexibility index (Phi) is 3.65. The minimum Gasteiger partial charge on any atom is -0.359 e. The van der Waals surface area contributed by atoms with Crippen LogP contribution in [-0.2, 0) is 15.6 Å². The van der Waals surface area contributed by atoms with Crippen LogP contribution in [0, 0.1) is 6.92 Å². The van der Waals surface area contributed by atoms with Gasteiger partial charge in [0, 0.05) is 17.8 Å². The maximum atomic E-state index is 12.7. The van der Waals surface area contributed by atoms with E-state index in [0.29, 0.717) is 17.0 Å². The van der Waals surface area contributed by atoms with Crippen LogP contribution in [-0.4, -0.2) is 28.6 Å². The summed E-state index contributed by atoms with van der Waals surface area (Å²) in [5.41, 5.74) is 3.77. The first kappa shape index (κ1) is 15.6. The third-order valence-electron chi connectivity index (χ3n) is 4.05. The number of fused-ring (bicyclic) bond motifs is 1. The van der Waals surface area contributed by atoms with Gasteiger partial charge in [0.1, 0.15) is 5.69 Å². The molecule has 2 N–H and O–H groups in total. The Hall–Kier alpha value is -2.93. The Labute approximate surface area is 144 Å². The molecule has 0 aliphatic heterocycles. The molecule has 0 saturated carbocycles. The molecule has 0 radical (unpaired) electrons. The fourth-order valence-electron chi connectivity index (χ4n) is 2.86. The number of H-pyrrole nitrogens is 2. The zero-order valence-corrected chi connectivity index (χ0v) is 14.3. The average molecular weight is 352 g/mol. The van der Waals surface area contributed by atoms with Crippen LogP contribution in [0.5, 0.6) is 0 Å². The minimum absolute atomic E-state index is 0.0329. The Morgan fingerprint density at radius 3 is 2.84 bits per heavy atom. The quantitative estimate of drug-likeness (QED) is 0.590. The monoisotopic (exact) mass is 352 g/mol. The van der Waals surface area contributed by atoms with Crippen LogP contribution >= 0.6 is 0 Å². The molecule has 3 aromatic heterocycles. The molecule has 3 heterocycles. The number of sulfone groups is 1. The SMILES string of the molecule is Cc1cccc(CS(=O)(=O)c2c[nH]c(-c3n[nH]c4ncccc34)c2)c1. The number of aromatic amines is 2. The molecule has 0 spiro atoms. The summed E-state index contributed by atoms with van der Waals surface area (Å²) in [5.74, 6) is -0.0329. The van der Waals surface area contributed by atoms with E-state index >= 15 is 0 Å². The third kappa shape index (κ3) is 2.94. The van der Waals surface area contributed by atoms with E-state index in [1.165, 1.54) is 6.20 Å². The first-order chi connectivity index (χ1) is 12.0. The lowest BCUT2D eigenvalue weighted by molar-refractivity contribution is 0.595. The predicted molar refractivity (Wildman–Crippen MR) is 95.7 cm³/mol. The molecule has 4 rings (SSSR count). The van der Waals surface area contributed by atoms with Crippen LogP contribution in [0.3, 0.4) is 0 Å². The Morgan fingerprint density at radius 1 is 1.12 bits per heavy atom. The standard InChI is InChI=1S/C18H16N4O2S/c1-12-4-2-5-13(8-12)11-25(23,24)14-9-16(20-10-14)17-15-6-3-7-19-18(15)22-21-17/h2-10,20H,11H2,1H3,(H,19,21,22). The van der Waals surface area contributed by atoms with Crippen molar-refractivity contribution in [2.45, 2.75) is 17.6 Å². The molecule has 6 nitrogen and oxygen atoms in total. The van der Waals surface area contributed by atoms with Crippen molar-refractivity contribution in [1.82, 2.24) is 20.2 Å². The molecular weight excluding hydrogens is 336 g/mol. The second kappa shape index (κ2) is 5.86. The largest absolute Gasteiger partial charge is 0.359 e. The van der Waals surface area contributed by atoms with Gasteiger partial charge in [0.15, 0.2) is 15.5 Å². The third-order valence-corrected chi connectivity index (χ3v) is 5.71. The van der Waals surface area contributed by atoms with Crippen LogP contribution in [0.1, 0.15) is 11.1 Å². The molecule has 0 amide bonds. The normalized spacial score (nSPS) is 11.9. The van der Waals surface area contributed by atoms with Crippen molar-refractivity contribution >= 4 is 20.9 Å².